The molecule has 4 rings (SSSR count). The highest BCUT2D eigenvalue weighted by atomic mass is 16.5. The minimum atomic E-state index is -0.609. The van der Waals surface area contributed by atoms with E-state index in [1.807, 2.05) is 43.3 Å². The maximum atomic E-state index is 13.4. The van der Waals surface area contributed by atoms with Crippen LogP contribution in [0.15, 0.2) is 65.1 Å². The van der Waals surface area contributed by atoms with Crippen LogP contribution in [0, 0.1) is 5.92 Å². The summed E-state index contributed by atoms with van der Waals surface area (Å²) in [5, 5.41) is 0. The number of esters is 1. The van der Waals surface area contributed by atoms with Crippen molar-refractivity contribution in [3.05, 3.63) is 71.2 Å². The van der Waals surface area contributed by atoms with Gasteiger partial charge < -0.3 is 9.47 Å². The predicted octanol–water partition coefficient (Wildman–Crippen LogP) is 4.23. The van der Waals surface area contributed by atoms with Crippen LogP contribution in [0.5, 0.6) is 5.75 Å². The Balaban J connectivity index is 1.75. The van der Waals surface area contributed by atoms with Crippen LogP contribution in [0.4, 0.5) is 0 Å². The molecule has 1 aromatic heterocycles. The highest BCUT2D eigenvalue weighted by Crippen LogP contribution is 2.46. The van der Waals surface area contributed by atoms with Crippen LogP contribution in [0.3, 0.4) is 0 Å². The quantitative estimate of drug-likeness (QED) is 0.679. The first kappa shape index (κ1) is 21.0. The van der Waals surface area contributed by atoms with Crippen molar-refractivity contribution in [2.24, 2.45) is 10.9 Å². The van der Waals surface area contributed by atoms with Crippen molar-refractivity contribution in [3.8, 4) is 5.75 Å². The third-order valence-corrected chi connectivity index (χ3v) is 6.08. The van der Waals surface area contributed by atoms with E-state index in [2.05, 4.69) is 4.98 Å². The van der Waals surface area contributed by atoms with Crippen molar-refractivity contribution in [1.29, 1.82) is 0 Å². The molecule has 1 aliphatic carbocycles. The van der Waals surface area contributed by atoms with Gasteiger partial charge >= 0.3 is 5.97 Å². The first-order chi connectivity index (χ1) is 15.0. The number of aliphatic imine (C=N–C) groups is 1. The second-order valence-electron chi connectivity index (χ2n) is 7.90. The third kappa shape index (κ3) is 4.02. The van der Waals surface area contributed by atoms with E-state index in [9.17, 15) is 9.59 Å². The maximum Gasteiger partial charge on any atom is 0.315 e. The number of benzene rings is 1. The van der Waals surface area contributed by atoms with E-state index in [1.54, 1.807) is 26.4 Å². The number of ketones is 1. The molecule has 160 valence electrons. The largest absolute Gasteiger partial charge is 0.497 e. The van der Waals surface area contributed by atoms with Gasteiger partial charge in [-0.25, -0.2) is 0 Å². The lowest BCUT2D eigenvalue weighted by molar-refractivity contribution is -0.146. The molecule has 6 nitrogen and oxygen atoms in total. The summed E-state index contributed by atoms with van der Waals surface area (Å²) in [4.78, 5) is 35.1. The van der Waals surface area contributed by atoms with E-state index in [4.69, 9.17) is 14.5 Å². The molecule has 3 atom stereocenters. The molecule has 0 radical (unpaired) electrons. The Labute approximate surface area is 182 Å². The van der Waals surface area contributed by atoms with E-state index >= 15 is 0 Å². The van der Waals surface area contributed by atoms with Crippen molar-refractivity contribution >= 4 is 17.5 Å². The van der Waals surface area contributed by atoms with Gasteiger partial charge in [-0.2, -0.15) is 0 Å². The average molecular weight is 418 g/mol. The number of carbonyl (C=O) groups is 2. The fourth-order valence-corrected chi connectivity index (χ4v) is 4.64. The van der Waals surface area contributed by atoms with Crippen molar-refractivity contribution in [1.82, 2.24) is 4.98 Å². The number of aromatic nitrogens is 1. The van der Waals surface area contributed by atoms with Crippen LogP contribution in [0.1, 0.15) is 49.7 Å². The Kier molecular flexibility index (Phi) is 5.98. The van der Waals surface area contributed by atoms with Gasteiger partial charge in [0.15, 0.2) is 5.78 Å². The second-order valence-corrected chi connectivity index (χ2v) is 7.90. The Morgan fingerprint density at radius 3 is 2.42 bits per heavy atom. The summed E-state index contributed by atoms with van der Waals surface area (Å²) in [5.74, 6) is -0.489. The monoisotopic (exact) mass is 418 g/mol. The minimum Gasteiger partial charge on any atom is -0.497 e. The topological polar surface area (TPSA) is 77.8 Å². The van der Waals surface area contributed by atoms with Gasteiger partial charge in [0.05, 0.1) is 13.7 Å². The standard InChI is InChI=1S/C25H26N2O4/c1-4-31-25(29)22-15(2)27-20-13-18(16-5-7-19(30-3)8-6-16)14-21(28)24(20)23(22)17-9-11-26-12-10-17/h5-12,18,22-23H,4,13-14H2,1-3H3/t18-,22?,23-/m0/s1. The van der Waals surface area contributed by atoms with Gasteiger partial charge in [0.25, 0.3) is 0 Å². The summed E-state index contributed by atoms with van der Waals surface area (Å²) >= 11 is 0. The van der Waals surface area contributed by atoms with Crippen molar-refractivity contribution in [3.63, 3.8) is 0 Å². The summed E-state index contributed by atoms with van der Waals surface area (Å²) in [7, 11) is 1.63. The van der Waals surface area contributed by atoms with Gasteiger partial charge in [-0.1, -0.05) is 12.1 Å². The summed E-state index contributed by atoms with van der Waals surface area (Å²) < 4.78 is 10.6. The van der Waals surface area contributed by atoms with Gasteiger partial charge in [0.1, 0.15) is 11.7 Å². The molecular formula is C25H26N2O4. The summed E-state index contributed by atoms with van der Waals surface area (Å²) in [6.07, 6.45) is 4.41. The van der Waals surface area contributed by atoms with Crippen LogP contribution in [0.25, 0.3) is 0 Å². The zero-order valence-electron chi connectivity index (χ0n) is 18.0. The fraction of sp³-hybridized carbons (Fsp3) is 0.360. The Morgan fingerprint density at radius 2 is 1.77 bits per heavy atom. The van der Waals surface area contributed by atoms with E-state index in [-0.39, 0.29) is 24.3 Å². The Bertz CT molecular complexity index is 1040. The van der Waals surface area contributed by atoms with Gasteiger partial charge in [-0.05, 0) is 61.6 Å². The summed E-state index contributed by atoms with van der Waals surface area (Å²) in [6, 6.07) is 11.6. The molecule has 0 saturated carbocycles. The molecule has 0 N–H and O–H groups in total. The SMILES string of the molecule is CCOC(=O)C1C(C)=NC2=C(C(=O)C[C@@H](c3ccc(OC)cc3)C2)[C@H]1c1ccncc1. The smallest absolute Gasteiger partial charge is 0.315 e. The van der Waals surface area contributed by atoms with Gasteiger partial charge in [0.2, 0.25) is 0 Å². The Morgan fingerprint density at radius 1 is 1.06 bits per heavy atom. The molecule has 0 amide bonds. The second kappa shape index (κ2) is 8.84. The zero-order valence-corrected chi connectivity index (χ0v) is 18.0. The maximum absolute atomic E-state index is 13.4. The molecule has 2 heterocycles. The highest BCUT2D eigenvalue weighted by Gasteiger charge is 2.44. The molecule has 1 aromatic carbocycles. The number of ether oxygens (including phenoxy) is 2. The number of nitrogens with zero attached hydrogens (tertiary/aromatic N) is 2. The molecule has 31 heavy (non-hydrogen) atoms. The third-order valence-electron chi connectivity index (χ3n) is 6.08. The molecule has 0 bridgehead atoms. The zero-order chi connectivity index (χ0) is 22.0. The van der Waals surface area contributed by atoms with Crippen molar-refractivity contribution in [2.45, 2.75) is 38.5 Å². The average Bonchev–Trinajstić information content (AvgIpc) is 2.78. The molecule has 0 fully saturated rings. The molecule has 0 saturated heterocycles. The Hall–Kier alpha value is -3.28. The lowest BCUT2D eigenvalue weighted by Gasteiger charge is -2.36. The number of carbonyl (C=O) groups excluding carboxylic acids is 2. The lowest BCUT2D eigenvalue weighted by atomic mass is 9.69. The van der Waals surface area contributed by atoms with Gasteiger partial charge in [0, 0.05) is 41.7 Å². The molecule has 1 unspecified atom stereocenters. The van der Waals surface area contributed by atoms with E-state index in [0.29, 0.717) is 24.1 Å². The number of pyridine rings is 1. The van der Waals surface area contributed by atoms with E-state index < -0.39 is 11.8 Å². The van der Waals surface area contributed by atoms with Crippen LogP contribution < -0.4 is 4.74 Å². The number of rotatable bonds is 5. The number of methoxy groups -OCH3 is 1. The van der Waals surface area contributed by atoms with E-state index in [1.165, 1.54) is 0 Å². The lowest BCUT2D eigenvalue weighted by Crippen LogP contribution is -2.38. The first-order valence-corrected chi connectivity index (χ1v) is 10.5. The molecular weight excluding hydrogens is 392 g/mol. The molecule has 2 aromatic rings. The van der Waals surface area contributed by atoms with Crippen LogP contribution in [0.2, 0.25) is 0 Å². The summed E-state index contributed by atoms with van der Waals surface area (Å²) in [6.45, 7) is 3.91. The predicted molar refractivity (Wildman–Crippen MR) is 117 cm³/mol. The summed E-state index contributed by atoms with van der Waals surface area (Å²) in [5.41, 5.74) is 4.06. The van der Waals surface area contributed by atoms with Gasteiger partial charge in [-0.15, -0.1) is 0 Å². The van der Waals surface area contributed by atoms with Crippen LogP contribution in [-0.2, 0) is 14.3 Å². The highest BCUT2D eigenvalue weighted by molar-refractivity contribution is 6.09. The molecule has 0 spiro atoms. The molecule has 6 heteroatoms. The number of Topliss-reactive ketones (excluding diaryl/α,β-unsaturated/α-hetero) is 1. The minimum absolute atomic E-state index is 0.0365. The fourth-order valence-electron chi connectivity index (χ4n) is 4.64. The number of hydrogen-bond acceptors (Lipinski definition) is 6. The first-order valence-electron chi connectivity index (χ1n) is 10.5. The normalized spacial score (nSPS) is 23.1. The molecule has 1 aliphatic heterocycles. The number of allylic oxidation sites excluding steroid dienone is 2. The van der Waals surface area contributed by atoms with Crippen LogP contribution >= 0.6 is 0 Å². The van der Waals surface area contributed by atoms with Crippen molar-refractivity contribution in [2.75, 3.05) is 13.7 Å². The molecule has 2 aliphatic rings. The van der Waals surface area contributed by atoms with Crippen LogP contribution in [-0.4, -0.2) is 36.2 Å². The number of hydrogen-bond donors (Lipinski definition) is 0. The van der Waals surface area contributed by atoms with E-state index in [0.717, 1.165) is 22.6 Å². The van der Waals surface area contributed by atoms with Gasteiger partial charge in [-0.3, -0.25) is 19.6 Å². The van der Waals surface area contributed by atoms with Crippen molar-refractivity contribution < 1.29 is 19.1 Å².